The molecule has 0 aliphatic heterocycles. The van der Waals surface area contributed by atoms with Crippen molar-refractivity contribution in [1.29, 1.82) is 0 Å². The third-order valence-corrected chi connectivity index (χ3v) is 3.86. The van der Waals surface area contributed by atoms with E-state index in [4.69, 9.17) is 0 Å². The predicted molar refractivity (Wildman–Crippen MR) is 92.2 cm³/mol. The van der Waals surface area contributed by atoms with E-state index in [9.17, 15) is 9.59 Å². The zero-order valence-electron chi connectivity index (χ0n) is 13.3. The molecule has 0 aliphatic rings. The van der Waals surface area contributed by atoms with Crippen LogP contribution in [0.2, 0.25) is 0 Å². The van der Waals surface area contributed by atoms with Crippen molar-refractivity contribution in [1.82, 2.24) is 10.6 Å². The Morgan fingerprint density at radius 1 is 0.955 bits per heavy atom. The Labute approximate surface area is 141 Å². The number of carbonyl (C=O) groups excluding carboxylic acids is 2. The van der Waals surface area contributed by atoms with E-state index in [-0.39, 0.29) is 11.8 Å². The predicted octanol–water partition coefficient (Wildman–Crippen LogP) is 4.06. The molecule has 0 spiro atoms. The number of carbonyl (C=O) groups is 2. The number of rotatable bonds is 9. The van der Waals surface area contributed by atoms with Gasteiger partial charge < -0.3 is 10.6 Å². The summed E-state index contributed by atoms with van der Waals surface area (Å²) in [5.74, 6) is -0.0730. The van der Waals surface area contributed by atoms with Gasteiger partial charge in [-0.05, 0) is 30.5 Å². The molecule has 0 aromatic heterocycles. The summed E-state index contributed by atoms with van der Waals surface area (Å²) in [6.45, 7) is 4.10. The first-order chi connectivity index (χ1) is 10.6. The van der Waals surface area contributed by atoms with Gasteiger partial charge in [0.25, 0.3) is 0 Å². The molecule has 0 aliphatic carbocycles. The van der Waals surface area contributed by atoms with E-state index >= 15 is 0 Å². The Balaban J connectivity index is 2.73. The lowest BCUT2D eigenvalue weighted by Crippen LogP contribution is -2.41. The number of halogens is 1. The van der Waals surface area contributed by atoms with E-state index in [0.717, 1.165) is 35.7 Å². The number of amides is 2. The molecule has 4 nitrogen and oxygen atoms in total. The van der Waals surface area contributed by atoms with Crippen molar-refractivity contribution in [2.45, 2.75) is 58.5 Å². The maximum absolute atomic E-state index is 12.0. The quantitative estimate of drug-likeness (QED) is 0.645. The minimum absolute atomic E-state index is 0.0365. The fourth-order valence-electron chi connectivity index (χ4n) is 2.00. The van der Waals surface area contributed by atoms with Gasteiger partial charge in [0.05, 0.1) is 0 Å². The lowest BCUT2D eigenvalue weighted by Gasteiger charge is -2.21. The molecule has 0 atom stereocenters. The molecular formula is C17H25BrN2O2. The minimum atomic E-state index is -0.471. The summed E-state index contributed by atoms with van der Waals surface area (Å²) in [5, 5.41) is 5.82. The van der Waals surface area contributed by atoms with Crippen molar-refractivity contribution in [2.75, 3.05) is 0 Å². The fourth-order valence-corrected chi connectivity index (χ4v) is 2.26. The Morgan fingerprint density at radius 3 is 1.82 bits per heavy atom. The van der Waals surface area contributed by atoms with Crippen LogP contribution in [0, 0.1) is 0 Å². The summed E-state index contributed by atoms with van der Waals surface area (Å²) in [4.78, 5) is 24.0. The lowest BCUT2D eigenvalue weighted by molar-refractivity contribution is -0.124. The van der Waals surface area contributed by atoms with Crippen LogP contribution in [0.1, 0.15) is 64.1 Å². The molecule has 1 aromatic carbocycles. The molecule has 0 heterocycles. The average molecular weight is 369 g/mol. The molecule has 5 heteroatoms. The van der Waals surface area contributed by atoms with Crippen LogP contribution in [0.15, 0.2) is 28.7 Å². The molecule has 1 rings (SSSR count). The van der Waals surface area contributed by atoms with Crippen LogP contribution in [0.5, 0.6) is 0 Å². The van der Waals surface area contributed by atoms with Crippen LogP contribution in [0.4, 0.5) is 0 Å². The van der Waals surface area contributed by atoms with Gasteiger partial charge in [-0.25, -0.2) is 0 Å². The van der Waals surface area contributed by atoms with Crippen LogP contribution >= 0.6 is 15.9 Å². The summed E-state index contributed by atoms with van der Waals surface area (Å²) in [5.41, 5.74) is 0.873. The first kappa shape index (κ1) is 18.7. The summed E-state index contributed by atoms with van der Waals surface area (Å²) in [6, 6.07) is 7.60. The van der Waals surface area contributed by atoms with Crippen molar-refractivity contribution in [3.8, 4) is 0 Å². The number of hydrogen-bond acceptors (Lipinski definition) is 2. The van der Waals surface area contributed by atoms with Gasteiger partial charge in [-0.15, -0.1) is 0 Å². The SMILES string of the molecule is CCCCC(=O)NC(NC(=O)CCCC)c1ccc(Br)cc1. The minimum Gasteiger partial charge on any atom is -0.332 e. The Kier molecular flexibility index (Phi) is 8.82. The topological polar surface area (TPSA) is 58.2 Å². The van der Waals surface area contributed by atoms with Crippen LogP contribution in [0.3, 0.4) is 0 Å². The second kappa shape index (κ2) is 10.4. The number of nitrogens with one attached hydrogen (secondary N) is 2. The molecule has 122 valence electrons. The monoisotopic (exact) mass is 368 g/mol. The van der Waals surface area contributed by atoms with Crippen molar-refractivity contribution in [3.63, 3.8) is 0 Å². The Hall–Kier alpha value is -1.36. The third kappa shape index (κ3) is 7.07. The van der Waals surface area contributed by atoms with Crippen LogP contribution in [0.25, 0.3) is 0 Å². The standard InChI is InChI=1S/C17H25BrN2O2/c1-3-5-7-15(21)19-17(20-16(22)8-6-4-2)13-9-11-14(18)12-10-13/h9-12,17H,3-8H2,1-2H3,(H,19,21)(H,20,22). The van der Waals surface area contributed by atoms with Crippen LogP contribution < -0.4 is 10.6 Å². The normalized spacial score (nSPS) is 10.5. The smallest absolute Gasteiger partial charge is 0.221 e. The highest BCUT2D eigenvalue weighted by atomic mass is 79.9. The molecule has 0 unspecified atom stereocenters. The second-order valence-corrected chi connectivity index (χ2v) is 6.24. The van der Waals surface area contributed by atoms with Gasteiger partial charge in [-0.3, -0.25) is 9.59 Å². The van der Waals surface area contributed by atoms with Gasteiger partial charge in [0.15, 0.2) is 0 Å². The van der Waals surface area contributed by atoms with Gasteiger partial charge in [-0.1, -0.05) is 54.8 Å². The van der Waals surface area contributed by atoms with E-state index in [0.29, 0.717) is 12.8 Å². The van der Waals surface area contributed by atoms with Gasteiger partial charge in [0.1, 0.15) is 6.17 Å². The molecule has 0 fully saturated rings. The maximum Gasteiger partial charge on any atom is 0.221 e. The van der Waals surface area contributed by atoms with Gasteiger partial charge in [-0.2, -0.15) is 0 Å². The molecular weight excluding hydrogens is 344 g/mol. The number of benzene rings is 1. The fraction of sp³-hybridized carbons (Fsp3) is 0.529. The molecule has 0 saturated carbocycles. The first-order valence-corrected chi connectivity index (χ1v) is 8.70. The zero-order chi connectivity index (χ0) is 16.4. The van der Waals surface area contributed by atoms with E-state index in [2.05, 4.69) is 26.6 Å². The maximum atomic E-state index is 12.0. The van der Waals surface area contributed by atoms with Gasteiger partial charge in [0.2, 0.25) is 11.8 Å². The molecule has 2 amide bonds. The molecule has 0 bridgehead atoms. The van der Waals surface area contributed by atoms with Gasteiger partial charge >= 0.3 is 0 Å². The highest BCUT2D eigenvalue weighted by Gasteiger charge is 2.16. The Bertz CT molecular complexity index is 452. The van der Waals surface area contributed by atoms with Crippen molar-refractivity contribution < 1.29 is 9.59 Å². The van der Waals surface area contributed by atoms with E-state index in [1.54, 1.807) is 0 Å². The summed E-state index contributed by atoms with van der Waals surface area (Å²) < 4.78 is 0.963. The second-order valence-electron chi connectivity index (χ2n) is 5.33. The summed E-state index contributed by atoms with van der Waals surface area (Å²) in [7, 11) is 0. The molecule has 2 N–H and O–H groups in total. The van der Waals surface area contributed by atoms with Gasteiger partial charge in [0, 0.05) is 17.3 Å². The van der Waals surface area contributed by atoms with E-state index < -0.39 is 6.17 Å². The molecule has 0 radical (unpaired) electrons. The number of unbranched alkanes of at least 4 members (excludes halogenated alkanes) is 2. The molecule has 22 heavy (non-hydrogen) atoms. The highest BCUT2D eigenvalue weighted by Crippen LogP contribution is 2.16. The molecule has 0 saturated heterocycles. The zero-order valence-corrected chi connectivity index (χ0v) is 14.9. The first-order valence-electron chi connectivity index (χ1n) is 7.91. The third-order valence-electron chi connectivity index (χ3n) is 3.33. The van der Waals surface area contributed by atoms with E-state index in [1.165, 1.54) is 0 Å². The lowest BCUT2D eigenvalue weighted by atomic mass is 10.1. The summed E-state index contributed by atoms with van der Waals surface area (Å²) in [6.07, 6.45) is 4.13. The summed E-state index contributed by atoms with van der Waals surface area (Å²) >= 11 is 3.39. The van der Waals surface area contributed by atoms with Crippen molar-refractivity contribution in [3.05, 3.63) is 34.3 Å². The van der Waals surface area contributed by atoms with E-state index in [1.807, 2.05) is 38.1 Å². The number of hydrogen-bond donors (Lipinski definition) is 2. The highest BCUT2D eigenvalue weighted by molar-refractivity contribution is 9.10. The van der Waals surface area contributed by atoms with Crippen molar-refractivity contribution >= 4 is 27.7 Å². The van der Waals surface area contributed by atoms with Crippen molar-refractivity contribution in [2.24, 2.45) is 0 Å². The average Bonchev–Trinajstić information content (AvgIpc) is 2.51. The van der Waals surface area contributed by atoms with Crippen LogP contribution in [-0.2, 0) is 9.59 Å². The largest absolute Gasteiger partial charge is 0.332 e. The van der Waals surface area contributed by atoms with Crippen LogP contribution in [-0.4, -0.2) is 11.8 Å². The Morgan fingerprint density at radius 2 is 1.41 bits per heavy atom. The molecule has 1 aromatic rings.